The summed E-state index contributed by atoms with van der Waals surface area (Å²) >= 11 is 3.44. The Bertz CT molecular complexity index is 450. The fraction of sp³-hybridized carbons (Fsp3) is 0.286. The summed E-state index contributed by atoms with van der Waals surface area (Å²) in [7, 11) is 0. The van der Waals surface area contributed by atoms with E-state index in [9.17, 15) is 0 Å². The first kappa shape index (κ1) is 12.4. The van der Waals surface area contributed by atoms with Gasteiger partial charge in [-0.05, 0) is 37.6 Å². The Hall–Kier alpha value is -1.06. The van der Waals surface area contributed by atoms with Crippen LogP contribution in [0.4, 0.5) is 0 Å². The maximum atomic E-state index is 5.09. The standard InChI is InChI=1S/C14H16BrNO/c1-10(12-3-5-14(15)6-4-12)16-11(2)13-7-8-17-9-13/h3-11,16H,1-2H3/t10-,11?/m0/s1. The molecule has 0 amide bonds. The number of hydrogen-bond donors (Lipinski definition) is 1. The van der Waals surface area contributed by atoms with E-state index in [0.29, 0.717) is 6.04 Å². The van der Waals surface area contributed by atoms with Gasteiger partial charge in [0.25, 0.3) is 0 Å². The molecule has 1 aromatic carbocycles. The van der Waals surface area contributed by atoms with E-state index in [1.165, 1.54) is 11.1 Å². The van der Waals surface area contributed by atoms with Crippen LogP contribution in [0.1, 0.15) is 37.1 Å². The smallest absolute Gasteiger partial charge is 0.0950 e. The monoisotopic (exact) mass is 293 g/mol. The lowest BCUT2D eigenvalue weighted by molar-refractivity contribution is 0.486. The highest BCUT2D eigenvalue weighted by molar-refractivity contribution is 9.10. The molecule has 3 heteroatoms. The van der Waals surface area contributed by atoms with Crippen LogP contribution in [-0.4, -0.2) is 0 Å². The van der Waals surface area contributed by atoms with Crippen molar-refractivity contribution >= 4 is 15.9 Å². The van der Waals surface area contributed by atoms with E-state index < -0.39 is 0 Å². The summed E-state index contributed by atoms with van der Waals surface area (Å²) < 4.78 is 6.20. The summed E-state index contributed by atoms with van der Waals surface area (Å²) in [5, 5.41) is 3.54. The van der Waals surface area contributed by atoms with Crippen molar-refractivity contribution in [2.24, 2.45) is 0 Å². The Morgan fingerprint density at radius 2 is 1.65 bits per heavy atom. The molecule has 1 aromatic heterocycles. The van der Waals surface area contributed by atoms with Crippen molar-refractivity contribution in [3.8, 4) is 0 Å². The zero-order valence-electron chi connectivity index (χ0n) is 9.98. The van der Waals surface area contributed by atoms with Crippen molar-refractivity contribution in [2.45, 2.75) is 25.9 Å². The number of nitrogens with one attached hydrogen (secondary N) is 1. The zero-order chi connectivity index (χ0) is 12.3. The summed E-state index contributed by atoms with van der Waals surface area (Å²) in [4.78, 5) is 0. The maximum absolute atomic E-state index is 5.09. The molecule has 0 spiro atoms. The predicted octanol–water partition coefficient (Wildman–Crippen LogP) is 4.45. The average Bonchev–Trinajstić information content (AvgIpc) is 2.83. The van der Waals surface area contributed by atoms with Gasteiger partial charge in [0.05, 0.1) is 12.5 Å². The second-order valence-electron chi connectivity index (χ2n) is 4.22. The van der Waals surface area contributed by atoms with Crippen LogP contribution in [0.15, 0.2) is 51.7 Å². The summed E-state index contributed by atoms with van der Waals surface area (Å²) in [5.74, 6) is 0. The highest BCUT2D eigenvalue weighted by atomic mass is 79.9. The van der Waals surface area contributed by atoms with Crippen LogP contribution in [0.2, 0.25) is 0 Å². The summed E-state index contributed by atoms with van der Waals surface area (Å²) in [5.41, 5.74) is 2.46. The van der Waals surface area contributed by atoms with Crippen molar-refractivity contribution in [2.75, 3.05) is 0 Å². The Balaban J connectivity index is 2.01. The van der Waals surface area contributed by atoms with E-state index in [4.69, 9.17) is 4.42 Å². The number of furan rings is 1. The van der Waals surface area contributed by atoms with Gasteiger partial charge in [-0.25, -0.2) is 0 Å². The molecule has 2 nitrogen and oxygen atoms in total. The largest absolute Gasteiger partial charge is 0.472 e. The molecule has 17 heavy (non-hydrogen) atoms. The summed E-state index contributed by atoms with van der Waals surface area (Å²) in [6.07, 6.45) is 3.49. The molecule has 2 rings (SSSR count). The van der Waals surface area contributed by atoms with E-state index in [-0.39, 0.29) is 6.04 Å². The van der Waals surface area contributed by atoms with Gasteiger partial charge in [-0.2, -0.15) is 0 Å². The maximum Gasteiger partial charge on any atom is 0.0950 e. The summed E-state index contributed by atoms with van der Waals surface area (Å²) in [6.45, 7) is 4.31. The molecule has 0 aliphatic carbocycles. The highest BCUT2D eigenvalue weighted by Crippen LogP contribution is 2.21. The van der Waals surface area contributed by atoms with Gasteiger partial charge in [0.1, 0.15) is 0 Å². The SMILES string of the molecule is CC(N[C@@H](C)c1ccc(Br)cc1)c1ccoc1. The average molecular weight is 294 g/mol. The van der Waals surface area contributed by atoms with Gasteiger partial charge in [0.2, 0.25) is 0 Å². The van der Waals surface area contributed by atoms with Crippen LogP contribution in [0.25, 0.3) is 0 Å². The van der Waals surface area contributed by atoms with Crippen LogP contribution in [0, 0.1) is 0 Å². The van der Waals surface area contributed by atoms with Crippen LogP contribution in [0.3, 0.4) is 0 Å². The van der Waals surface area contributed by atoms with Crippen molar-refractivity contribution in [1.29, 1.82) is 0 Å². The van der Waals surface area contributed by atoms with Crippen LogP contribution < -0.4 is 5.32 Å². The van der Waals surface area contributed by atoms with Crippen LogP contribution in [0.5, 0.6) is 0 Å². The Morgan fingerprint density at radius 3 is 2.24 bits per heavy atom. The van der Waals surface area contributed by atoms with Crippen molar-refractivity contribution in [3.05, 3.63) is 58.5 Å². The Kier molecular flexibility index (Phi) is 4.02. The second kappa shape index (κ2) is 5.52. The lowest BCUT2D eigenvalue weighted by Crippen LogP contribution is -2.22. The lowest BCUT2D eigenvalue weighted by Gasteiger charge is -2.19. The zero-order valence-corrected chi connectivity index (χ0v) is 11.6. The fourth-order valence-corrected chi connectivity index (χ4v) is 2.10. The first-order valence-electron chi connectivity index (χ1n) is 5.70. The molecule has 1 unspecified atom stereocenters. The molecule has 0 radical (unpaired) electrons. The van der Waals surface area contributed by atoms with E-state index in [1.807, 2.05) is 6.07 Å². The minimum absolute atomic E-state index is 0.285. The third kappa shape index (κ3) is 3.20. The van der Waals surface area contributed by atoms with E-state index in [2.05, 4.69) is 59.4 Å². The first-order chi connectivity index (χ1) is 8.16. The topological polar surface area (TPSA) is 25.2 Å². The fourth-order valence-electron chi connectivity index (χ4n) is 1.84. The molecule has 1 N–H and O–H groups in total. The number of halogens is 1. The quantitative estimate of drug-likeness (QED) is 0.901. The molecule has 0 saturated heterocycles. The highest BCUT2D eigenvalue weighted by Gasteiger charge is 2.11. The Morgan fingerprint density at radius 1 is 1.00 bits per heavy atom. The van der Waals surface area contributed by atoms with Crippen molar-refractivity contribution in [1.82, 2.24) is 5.32 Å². The van der Waals surface area contributed by atoms with Gasteiger partial charge in [0.15, 0.2) is 0 Å². The normalized spacial score (nSPS) is 14.5. The van der Waals surface area contributed by atoms with Crippen molar-refractivity contribution < 1.29 is 4.42 Å². The molecule has 2 aromatic rings. The van der Waals surface area contributed by atoms with Crippen molar-refractivity contribution in [3.63, 3.8) is 0 Å². The number of benzene rings is 1. The number of rotatable bonds is 4. The third-order valence-electron chi connectivity index (χ3n) is 2.91. The van der Waals surface area contributed by atoms with Crippen LogP contribution >= 0.6 is 15.9 Å². The molecular weight excluding hydrogens is 278 g/mol. The van der Waals surface area contributed by atoms with Gasteiger partial charge in [-0.15, -0.1) is 0 Å². The van der Waals surface area contributed by atoms with Gasteiger partial charge in [-0.3, -0.25) is 0 Å². The van der Waals surface area contributed by atoms with Gasteiger partial charge >= 0.3 is 0 Å². The first-order valence-corrected chi connectivity index (χ1v) is 6.49. The molecule has 0 saturated carbocycles. The minimum Gasteiger partial charge on any atom is -0.472 e. The van der Waals surface area contributed by atoms with E-state index in [0.717, 1.165) is 4.47 Å². The summed E-state index contributed by atoms with van der Waals surface area (Å²) in [6, 6.07) is 11.0. The molecule has 0 aliphatic rings. The van der Waals surface area contributed by atoms with Gasteiger partial charge < -0.3 is 9.73 Å². The van der Waals surface area contributed by atoms with E-state index >= 15 is 0 Å². The molecule has 2 atom stereocenters. The van der Waals surface area contributed by atoms with Gasteiger partial charge in [0, 0.05) is 22.1 Å². The molecule has 1 heterocycles. The lowest BCUT2D eigenvalue weighted by atomic mass is 10.1. The molecule has 0 bridgehead atoms. The molecule has 90 valence electrons. The van der Waals surface area contributed by atoms with E-state index in [1.54, 1.807) is 12.5 Å². The van der Waals surface area contributed by atoms with Gasteiger partial charge in [-0.1, -0.05) is 28.1 Å². The Labute approximate surface area is 110 Å². The molecule has 0 fully saturated rings. The third-order valence-corrected chi connectivity index (χ3v) is 3.44. The number of hydrogen-bond acceptors (Lipinski definition) is 2. The molecule has 0 aliphatic heterocycles. The predicted molar refractivity (Wildman–Crippen MR) is 72.8 cm³/mol. The minimum atomic E-state index is 0.285. The molecular formula is C14H16BrNO. The van der Waals surface area contributed by atoms with Crippen LogP contribution in [-0.2, 0) is 0 Å². The second-order valence-corrected chi connectivity index (χ2v) is 5.13.